The maximum atomic E-state index is 13.1. The quantitative estimate of drug-likeness (QED) is 0.594. The van der Waals surface area contributed by atoms with Gasteiger partial charge in [0.2, 0.25) is 5.91 Å². The molecule has 154 valence electrons. The normalized spacial score (nSPS) is 18.3. The van der Waals surface area contributed by atoms with Crippen LogP contribution in [0.15, 0.2) is 67.1 Å². The molecule has 3 heterocycles. The third-order valence-electron chi connectivity index (χ3n) is 5.10. The highest BCUT2D eigenvalue weighted by Crippen LogP contribution is 2.38. The summed E-state index contributed by atoms with van der Waals surface area (Å²) in [6.07, 6.45) is 6.06. The fourth-order valence-electron chi connectivity index (χ4n) is 3.69. The Labute approximate surface area is 179 Å². The van der Waals surface area contributed by atoms with Gasteiger partial charge in [-0.1, -0.05) is 6.07 Å². The molecule has 1 aliphatic heterocycles. The molecule has 6 nitrogen and oxygen atoms in total. The van der Waals surface area contributed by atoms with Gasteiger partial charge in [-0.05, 0) is 60.2 Å². The number of aryl methyl sites for hydroxylation is 1. The molecule has 8 heteroatoms. The summed E-state index contributed by atoms with van der Waals surface area (Å²) in [5.74, 6) is -0.495. The first-order chi connectivity index (χ1) is 14.5. The summed E-state index contributed by atoms with van der Waals surface area (Å²) in [6.45, 7) is 0.446. The average Bonchev–Trinajstić information content (AvgIpc) is 3.31. The Morgan fingerprint density at radius 1 is 1.23 bits per heavy atom. The van der Waals surface area contributed by atoms with Crippen molar-refractivity contribution >= 4 is 28.9 Å². The van der Waals surface area contributed by atoms with Crippen molar-refractivity contribution in [2.45, 2.75) is 18.5 Å². The van der Waals surface area contributed by atoms with Gasteiger partial charge in [0.1, 0.15) is 5.82 Å². The second kappa shape index (κ2) is 8.62. The summed E-state index contributed by atoms with van der Waals surface area (Å²) in [4.78, 5) is 19.0. The molecule has 1 aliphatic rings. The Kier molecular flexibility index (Phi) is 5.76. The van der Waals surface area contributed by atoms with Gasteiger partial charge in [-0.2, -0.15) is 0 Å². The van der Waals surface area contributed by atoms with Crippen LogP contribution in [0.25, 0.3) is 0 Å². The Hall–Kier alpha value is -3.26. The largest absolute Gasteiger partial charge is 0.357 e. The lowest BCUT2D eigenvalue weighted by molar-refractivity contribution is -0.116. The molecule has 3 aromatic rings. The topological polar surface area (TPSA) is 62.2 Å². The molecule has 0 spiro atoms. The minimum Gasteiger partial charge on any atom is -0.357 e. The average molecular weight is 424 g/mol. The van der Waals surface area contributed by atoms with Gasteiger partial charge < -0.3 is 20.1 Å². The second-order valence-corrected chi connectivity index (χ2v) is 7.62. The third-order valence-corrected chi connectivity index (χ3v) is 5.45. The van der Waals surface area contributed by atoms with Crippen LogP contribution in [0.3, 0.4) is 0 Å². The SMILES string of the molecule is Cn1ccc([C@@H]2[C@@H](c3ccccn3)NC(=S)N2CCC(=O)Nc2ccc(F)cc2)c1. The molecule has 1 amide bonds. The van der Waals surface area contributed by atoms with Crippen molar-refractivity contribution in [2.24, 2.45) is 7.05 Å². The standard InChI is InChI=1S/C22H22FN5OS/c1-27-12-9-15(14-27)21-20(18-4-2-3-11-24-18)26-22(30)28(21)13-10-19(29)25-17-7-5-16(23)6-8-17/h2-9,11-12,14,20-21H,10,13H2,1H3,(H,25,29)(H,26,30)/t20-,21-/m1/s1. The molecule has 4 rings (SSSR count). The Morgan fingerprint density at radius 2 is 2.03 bits per heavy atom. The number of benzene rings is 1. The molecule has 1 saturated heterocycles. The summed E-state index contributed by atoms with van der Waals surface area (Å²) in [6, 6.07) is 13.4. The molecular formula is C22H22FN5OS. The van der Waals surface area contributed by atoms with E-state index in [-0.39, 0.29) is 30.2 Å². The van der Waals surface area contributed by atoms with E-state index in [1.165, 1.54) is 12.1 Å². The molecule has 1 fully saturated rings. The fourth-order valence-corrected chi connectivity index (χ4v) is 4.02. The zero-order valence-electron chi connectivity index (χ0n) is 16.5. The monoisotopic (exact) mass is 423 g/mol. The van der Waals surface area contributed by atoms with Crippen molar-refractivity contribution in [1.82, 2.24) is 19.8 Å². The van der Waals surface area contributed by atoms with E-state index in [1.54, 1.807) is 18.3 Å². The number of carbonyl (C=O) groups is 1. The van der Waals surface area contributed by atoms with Crippen LogP contribution >= 0.6 is 12.2 Å². The highest BCUT2D eigenvalue weighted by molar-refractivity contribution is 7.80. The lowest BCUT2D eigenvalue weighted by Crippen LogP contribution is -2.32. The van der Waals surface area contributed by atoms with Crippen molar-refractivity contribution < 1.29 is 9.18 Å². The van der Waals surface area contributed by atoms with E-state index in [0.717, 1.165) is 11.3 Å². The van der Waals surface area contributed by atoms with Crippen molar-refractivity contribution in [2.75, 3.05) is 11.9 Å². The predicted octanol–water partition coefficient (Wildman–Crippen LogP) is 3.56. The lowest BCUT2D eigenvalue weighted by atomic mass is 9.99. The number of thiocarbonyl (C=S) groups is 1. The first-order valence-corrected chi connectivity index (χ1v) is 10.1. The number of nitrogens with one attached hydrogen (secondary N) is 2. The van der Waals surface area contributed by atoms with Crippen LogP contribution in [0.1, 0.15) is 29.8 Å². The van der Waals surface area contributed by atoms with Gasteiger partial charge in [0.25, 0.3) is 0 Å². The van der Waals surface area contributed by atoms with E-state index in [2.05, 4.69) is 27.9 Å². The van der Waals surface area contributed by atoms with Crippen molar-refractivity contribution in [3.8, 4) is 0 Å². The molecule has 0 saturated carbocycles. The van der Waals surface area contributed by atoms with Gasteiger partial charge in [0, 0.05) is 44.3 Å². The van der Waals surface area contributed by atoms with Crippen LogP contribution in [-0.4, -0.2) is 32.0 Å². The molecule has 0 aliphatic carbocycles. The van der Waals surface area contributed by atoms with Crippen molar-refractivity contribution in [1.29, 1.82) is 0 Å². The van der Waals surface area contributed by atoms with Crippen molar-refractivity contribution in [3.63, 3.8) is 0 Å². The number of rotatable bonds is 6. The molecular weight excluding hydrogens is 401 g/mol. The van der Waals surface area contributed by atoms with Gasteiger partial charge in [-0.15, -0.1) is 0 Å². The summed E-state index contributed by atoms with van der Waals surface area (Å²) in [5, 5.41) is 6.76. The van der Waals surface area contributed by atoms with Crippen LogP contribution in [0.2, 0.25) is 0 Å². The molecule has 1 aromatic carbocycles. The predicted molar refractivity (Wildman–Crippen MR) is 117 cm³/mol. The van der Waals surface area contributed by atoms with Crippen LogP contribution in [0, 0.1) is 5.82 Å². The number of nitrogens with zero attached hydrogens (tertiary/aromatic N) is 3. The fraction of sp³-hybridized carbons (Fsp3) is 0.227. The van der Waals surface area contributed by atoms with Gasteiger partial charge in [0.15, 0.2) is 5.11 Å². The maximum Gasteiger partial charge on any atom is 0.226 e. The molecule has 2 N–H and O–H groups in total. The smallest absolute Gasteiger partial charge is 0.226 e. The number of hydrogen-bond acceptors (Lipinski definition) is 3. The van der Waals surface area contributed by atoms with E-state index in [4.69, 9.17) is 12.2 Å². The summed E-state index contributed by atoms with van der Waals surface area (Å²) in [7, 11) is 1.97. The van der Waals surface area contributed by atoms with Gasteiger partial charge in [-0.25, -0.2) is 4.39 Å². The molecule has 30 heavy (non-hydrogen) atoms. The number of anilines is 1. The number of hydrogen-bond donors (Lipinski definition) is 2. The van der Waals surface area contributed by atoms with Gasteiger partial charge in [-0.3, -0.25) is 9.78 Å². The zero-order chi connectivity index (χ0) is 21.1. The van der Waals surface area contributed by atoms with Crippen LogP contribution in [0.4, 0.5) is 10.1 Å². The minimum absolute atomic E-state index is 0.0766. The summed E-state index contributed by atoms with van der Waals surface area (Å²) in [5.41, 5.74) is 2.56. The highest BCUT2D eigenvalue weighted by atomic mass is 32.1. The highest BCUT2D eigenvalue weighted by Gasteiger charge is 2.40. The number of halogens is 1. The zero-order valence-corrected chi connectivity index (χ0v) is 17.3. The number of pyridine rings is 1. The van der Waals surface area contributed by atoms with Crippen LogP contribution in [-0.2, 0) is 11.8 Å². The Bertz CT molecular complexity index is 1040. The lowest BCUT2D eigenvalue weighted by Gasteiger charge is -2.27. The first kappa shape index (κ1) is 20.0. The molecule has 0 unspecified atom stereocenters. The molecule has 2 aromatic heterocycles. The van der Waals surface area contributed by atoms with Crippen molar-refractivity contribution in [3.05, 3.63) is 84.2 Å². The first-order valence-electron chi connectivity index (χ1n) is 9.66. The summed E-state index contributed by atoms with van der Waals surface area (Å²) < 4.78 is 15.0. The number of aromatic nitrogens is 2. The number of amides is 1. The molecule has 0 bridgehead atoms. The van der Waals surface area contributed by atoms with E-state index in [1.807, 2.05) is 40.9 Å². The Morgan fingerprint density at radius 3 is 2.70 bits per heavy atom. The van der Waals surface area contributed by atoms with Gasteiger partial charge >= 0.3 is 0 Å². The van der Waals surface area contributed by atoms with Crippen LogP contribution < -0.4 is 10.6 Å². The van der Waals surface area contributed by atoms with E-state index >= 15 is 0 Å². The van der Waals surface area contributed by atoms with Crippen LogP contribution in [0.5, 0.6) is 0 Å². The third kappa shape index (κ3) is 4.33. The van der Waals surface area contributed by atoms with E-state index in [9.17, 15) is 9.18 Å². The Balaban J connectivity index is 1.51. The maximum absolute atomic E-state index is 13.1. The number of carbonyl (C=O) groups excluding carboxylic acids is 1. The molecule has 2 atom stereocenters. The van der Waals surface area contributed by atoms with E-state index < -0.39 is 0 Å². The molecule has 0 radical (unpaired) electrons. The van der Waals surface area contributed by atoms with Gasteiger partial charge in [0.05, 0.1) is 17.8 Å². The summed E-state index contributed by atoms with van der Waals surface area (Å²) >= 11 is 5.60. The second-order valence-electron chi connectivity index (χ2n) is 7.24. The minimum atomic E-state index is -0.340. The van der Waals surface area contributed by atoms with E-state index in [0.29, 0.717) is 17.3 Å².